The Labute approximate surface area is 171 Å². The maximum absolute atomic E-state index is 11.7. The minimum absolute atomic E-state index is 0.0801. The summed E-state index contributed by atoms with van der Waals surface area (Å²) in [6, 6.07) is 13.8. The molecule has 0 spiro atoms. The Hall–Kier alpha value is -3.46. The number of benzene rings is 2. The van der Waals surface area contributed by atoms with Crippen LogP contribution in [0.2, 0.25) is 0 Å². The molecule has 2 aromatic carbocycles. The number of hydrogen-bond acceptors (Lipinski definition) is 8. The lowest BCUT2D eigenvalue weighted by Gasteiger charge is -2.09. The van der Waals surface area contributed by atoms with Crippen molar-refractivity contribution in [3.05, 3.63) is 60.0 Å². The van der Waals surface area contributed by atoms with Crippen LogP contribution < -0.4 is 0 Å². The number of carbonyl (C=O) groups excluding carboxylic acids is 1. The van der Waals surface area contributed by atoms with E-state index >= 15 is 0 Å². The molecule has 148 valence electrons. The largest absolute Gasteiger partial charge is 0.508 e. The van der Waals surface area contributed by atoms with Gasteiger partial charge in [-0.25, -0.2) is 9.79 Å². The highest BCUT2D eigenvalue weighted by atomic mass is 32.2. The van der Waals surface area contributed by atoms with Gasteiger partial charge in [0.25, 0.3) is 0 Å². The van der Waals surface area contributed by atoms with Gasteiger partial charge >= 0.3 is 6.09 Å². The molecule has 29 heavy (non-hydrogen) atoms. The van der Waals surface area contributed by atoms with E-state index in [9.17, 15) is 9.90 Å². The number of aryl methyl sites for hydroxylation is 1. The first kappa shape index (κ1) is 20.3. The summed E-state index contributed by atoms with van der Waals surface area (Å²) in [6.07, 6.45) is 1.05. The Bertz CT molecular complexity index is 1070. The number of aromatic hydroxyl groups is 1. The number of rotatable bonds is 4. The zero-order valence-corrected chi connectivity index (χ0v) is 16.8. The van der Waals surface area contributed by atoms with E-state index in [4.69, 9.17) is 4.52 Å². The second-order valence-electron chi connectivity index (χ2n) is 5.79. The molecule has 0 saturated carbocycles. The fraction of sp³-hybridized carbons (Fsp3) is 0.150. The van der Waals surface area contributed by atoms with E-state index in [0.717, 1.165) is 5.56 Å². The molecular formula is C20H18N4O4S. The summed E-state index contributed by atoms with van der Waals surface area (Å²) in [4.78, 5) is 24.5. The van der Waals surface area contributed by atoms with E-state index in [2.05, 4.69) is 24.9 Å². The molecule has 9 heteroatoms. The van der Waals surface area contributed by atoms with Gasteiger partial charge < -0.3 is 14.4 Å². The lowest BCUT2D eigenvalue weighted by Crippen LogP contribution is -2.14. The summed E-state index contributed by atoms with van der Waals surface area (Å²) in [5.41, 5.74) is 2.45. The van der Waals surface area contributed by atoms with Crippen LogP contribution >= 0.6 is 11.8 Å². The molecule has 3 rings (SSSR count). The van der Waals surface area contributed by atoms with Crippen LogP contribution in [0.25, 0.3) is 11.4 Å². The van der Waals surface area contributed by atoms with Crippen molar-refractivity contribution in [1.82, 2.24) is 10.1 Å². The van der Waals surface area contributed by atoms with Gasteiger partial charge in [0.2, 0.25) is 11.7 Å². The Kier molecular flexibility index (Phi) is 6.40. The molecule has 0 aliphatic heterocycles. The number of phenolic OH excluding ortho intramolecular Hbond substituents is 1. The van der Waals surface area contributed by atoms with E-state index < -0.39 is 6.09 Å². The molecule has 8 nitrogen and oxygen atoms in total. The van der Waals surface area contributed by atoms with Gasteiger partial charge in [-0.2, -0.15) is 9.98 Å². The van der Waals surface area contributed by atoms with Crippen molar-refractivity contribution in [3.63, 3.8) is 0 Å². The van der Waals surface area contributed by atoms with Crippen molar-refractivity contribution in [3.8, 4) is 17.1 Å². The molecular weight excluding hydrogens is 392 g/mol. The van der Waals surface area contributed by atoms with Crippen molar-refractivity contribution in [2.45, 2.75) is 6.92 Å². The third-order valence-corrected chi connectivity index (χ3v) is 4.45. The van der Waals surface area contributed by atoms with Gasteiger partial charge in [-0.1, -0.05) is 17.3 Å². The number of aromatic nitrogens is 2. The highest BCUT2D eigenvalue weighted by Crippen LogP contribution is 2.23. The van der Waals surface area contributed by atoms with Crippen LogP contribution in [0.1, 0.15) is 11.5 Å². The fourth-order valence-electron chi connectivity index (χ4n) is 2.44. The molecule has 0 fully saturated rings. The first-order valence-electron chi connectivity index (χ1n) is 8.50. The monoisotopic (exact) mass is 410 g/mol. The predicted octanol–water partition coefficient (Wildman–Crippen LogP) is 4.40. The number of ether oxygens (including phenoxy) is 1. The standard InChI is InChI=1S/C20H18N4O4S/c1-12-21-18(24-28-12)13-7-9-15(10-8-13)22-17(14-5-4-6-16(25)11-14)19(29-3)23-20(26)27-2/h4-11,25H,1-3H3/b22-17?,23-19-. The van der Waals surface area contributed by atoms with Crippen molar-refractivity contribution in [2.75, 3.05) is 13.4 Å². The number of hydrogen-bond donors (Lipinski definition) is 1. The first-order valence-corrected chi connectivity index (χ1v) is 9.72. The smallest absolute Gasteiger partial charge is 0.434 e. The Balaban J connectivity index is 2.04. The van der Waals surface area contributed by atoms with Crippen molar-refractivity contribution in [2.24, 2.45) is 9.98 Å². The van der Waals surface area contributed by atoms with Gasteiger partial charge in [-0.3, -0.25) is 0 Å². The second kappa shape index (κ2) is 9.16. The molecule has 0 unspecified atom stereocenters. The first-order chi connectivity index (χ1) is 14.0. The van der Waals surface area contributed by atoms with E-state index in [-0.39, 0.29) is 5.75 Å². The van der Waals surface area contributed by atoms with Crippen molar-refractivity contribution < 1.29 is 19.2 Å². The fourth-order valence-corrected chi connectivity index (χ4v) is 2.97. The number of methoxy groups -OCH3 is 1. The SMILES string of the molecule is COC(=O)/N=C(\SC)C(=Nc1ccc(-c2noc(C)n2)cc1)c1cccc(O)c1. The molecule has 0 atom stereocenters. The summed E-state index contributed by atoms with van der Waals surface area (Å²) < 4.78 is 9.64. The minimum atomic E-state index is -0.731. The van der Waals surface area contributed by atoms with E-state index in [1.807, 2.05) is 12.1 Å². The topological polar surface area (TPSA) is 110 Å². The van der Waals surface area contributed by atoms with E-state index in [1.165, 1.54) is 18.9 Å². The highest BCUT2D eigenvalue weighted by molar-refractivity contribution is 8.15. The van der Waals surface area contributed by atoms with Gasteiger partial charge in [0.05, 0.1) is 12.8 Å². The Morgan fingerprint density at radius 3 is 2.55 bits per heavy atom. The van der Waals surface area contributed by atoms with Crippen molar-refractivity contribution in [1.29, 1.82) is 0 Å². The summed E-state index contributed by atoms with van der Waals surface area (Å²) in [5, 5.41) is 14.1. The minimum Gasteiger partial charge on any atom is -0.508 e. The van der Waals surface area contributed by atoms with Crippen LogP contribution in [0.5, 0.6) is 5.75 Å². The maximum Gasteiger partial charge on any atom is 0.434 e. The Morgan fingerprint density at radius 1 is 1.21 bits per heavy atom. The van der Waals surface area contributed by atoms with E-state index in [0.29, 0.717) is 33.7 Å². The van der Waals surface area contributed by atoms with Gasteiger partial charge in [0.1, 0.15) is 16.5 Å². The van der Waals surface area contributed by atoms with Crippen LogP contribution in [0.3, 0.4) is 0 Å². The second-order valence-corrected chi connectivity index (χ2v) is 6.58. The summed E-state index contributed by atoms with van der Waals surface area (Å²) in [5.74, 6) is 1.05. The van der Waals surface area contributed by atoms with Gasteiger partial charge in [-0.05, 0) is 42.7 Å². The average Bonchev–Trinajstić information content (AvgIpc) is 3.17. The highest BCUT2D eigenvalue weighted by Gasteiger charge is 2.15. The van der Waals surface area contributed by atoms with Crippen molar-refractivity contribution >= 4 is 34.3 Å². The maximum atomic E-state index is 11.7. The molecule has 1 N–H and O–H groups in total. The lowest BCUT2D eigenvalue weighted by atomic mass is 10.1. The molecule has 1 heterocycles. The summed E-state index contributed by atoms with van der Waals surface area (Å²) >= 11 is 1.25. The Morgan fingerprint density at radius 2 is 1.97 bits per heavy atom. The average molecular weight is 410 g/mol. The number of amides is 1. The van der Waals surface area contributed by atoms with Gasteiger partial charge in [-0.15, -0.1) is 11.8 Å². The third kappa shape index (κ3) is 5.08. The van der Waals surface area contributed by atoms with E-state index in [1.54, 1.807) is 49.6 Å². The third-order valence-electron chi connectivity index (χ3n) is 3.78. The normalized spacial score (nSPS) is 12.1. The number of nitrogens with zero attached hydrogens (tertiary/aromatic N) is 4. The number of phenols is 1. The lowest BCUT2D eigenvalue weighted by molar-refractivity contribution is 0.183. The van der Waals surface area contributed by atoms with Crippen LogP contribution in [-0.2, 0) is 4.74 Å². The van der Waals surface area contributed by atoms with Gasteiger partial charge in [0.15, 0.2) is 0 Å². The molecule has 0 aliphatic carbocycles. The molecule has 0 saturated heterocycles. The zero-order valence-electron chi connectivity index (χ0n) is 16.0. The predicted molar refractivity (Wildman–Crippen MR) is 112 cm³/mol. The quantitative estimate of drug-likeness (QED) is 0.501. The molecule has 0 aliphatic rings. The molecule has 0 bridgehead atoms. The van der Waals surface area contributed by atoms with Crippen LogP contribution in [0, 0.1) is 6.92 Å². The van der Waals surface area contributed by atoms with Crippen LogP contribution in [-0.4, -0.2) is 45.5 Å². The summed E-state index contributed by atoms with van der Waals surface area (Å²) in [7, 11) is 1.26. The molecule has 1 amide bonds. The van der Waals surface area contributed by atoms with Crippen LogP contribution in [0.4, 0.5) is 10.5 Å². The summed E-state index contributed by atoms with van der Waals surface area (Å²) in [6.45, 7) is 1.72. The zero-order chi connectivity index (χ0) is 20.8. The van der Waals surface area contributed by atoms with Gasteiger partial charge in [0, 0.05) is 18.1 Å². The number of carbonyl (C=O) groups is 1. The number of thioether (sulfide) groups is 1. The molecule has 0 radical (unpaired) electrons. The molecule has 1 aromatic heterocycles. The number of aliphatic imine (C=N–C) groups is 2. The molecule has 3 aromatic rings. The van der Waals surface area contributed by atoms with Crippen LogP contribution in [0.15, 0.2) is 63.0 Å².